The predicted molar refractivity (Wildman–Crippen MR) is 131 cm³/mol. The molecule has 1 aliphatic carbocycles. The third-order valence-corrected chi connectivity index (χ3v) is 6.81. The Kier molecular flexibility index (Phi) is 6.16. The number of hydrogen-bond donors (Lipinski definition) is 3. The second-order valence-electron chi connectivity index (χ2n) is 9.10. The summed E-state index contributed by atoms with van der Waals surface area (Å²) in [4.78, 5) is 30.1. The molecule has 5 rings (SSSR count). The lowest BCUT2D eigenvalue weighted by Crippen LogP contribution is -2.36. The van der Waals surface area contributed by atoms with Gasteiger partial charge in [0.1, 0.15) is 22.7 Å². The number of nitrogens with one attached hydrogen (secondary N) is 1. The summed E-state index contributed by atoms with van der Waals surface area (Å²) >= 11 is 0. The molecule has 3 aromatic rings. The lowest BCUT2D eigenvalue weighted by molar-refractivity contribution is -0.127. The largest absolute Gasteiger partial charge is 0.394 e. The highest BCUT2D eigenvalue weighted by atomic mass is 19.1. The van der Waals surface area contributed by atoms with E-state index in [1.807, 2.05) is 0 Å². The minimum atomic E-state index is -0.893. The van der Waals surface area contributed by atoms with Crippen molar-refractivity contribution >= 4 is 28.7 Å². The van der Waals surface area contributed by atoms with Crippen molar-refractivity contribution in [1.29, 1.82) is 0 Å². The number of rotatable bonds is 6. The van der Waals surface area contributed by atoms with Gasteiger partial charge in [-0.3, -0.25) is 9.59 Å². The lowest BCUT2D eigenvalue weighted by atomic mass is 10.1. The van der Waals surface area contributed by atoms with Gasteiger partial charge in [0.15, 0.2) is 11.5 Å². The third kappa shape index (κ3) is 4.11. The highest BCUT2D eigenvalue weighted by Gasteiger charge is 2.37. The molecule has 1 saturated heterocycles. The number of aliphatic hydroxyl groups excluding tert-OH is 1. The molecule has 1 unspecified atom stereocenters. The molecular formula is C25H25F2N7O3. The Morgan fingerprint density at radius 2 is 2.08 bits per heavy atom. The Morgan fingerprint density at radius 1 is 1.32 bits per heavy atom. The molecule has 2 amide bonds. The van der Waals surface area contributed by atoms with Gasteiger partial charge in [-0.2, -0.15) is 5.10 Å². The number of nitrogens with two attached hydrogens (primary N) is 1. The number of likely N-dealkylation sites (tertiary alicyclic amines) is 1. The normalized spacial score (nSPS) is 19.1. The van der Waals surface area contributed by atoms with E-state index in [-0.39, 0.29) is 47.7 Å². The number of nitrogens with zero attached hydrogens (tertiary/aromatic N) is 5. The molecule has 0 spiro atoms. The van der Waals surface area contributed by atoms with Crippen LogP contribution in [0, 0.1) is 23.5 Å². The Balaban J connectivity index is 1.56. The molecule has 0 bridgehead atoms. The first-order valence-corrected chi connectivity index (χ1v) is 11.8. The zero-order valence-electron chi connectivity index (χ0n) is 20.0. The van der Waals surface area contributed by atoms with Crippen LogP contribution in [0.25, 0.3) is 11.0 Å². The maximum Gasteiger partial charge on any atom is 0.255 e. The Hall–Kier alpha value is -4.24. The third-order valence-electron chi connectivity index (χ3n) is 6.81. The summed E-state index contributed by atoms with van der Waals surface area (Å²) in [5.41, 5.74) is 5.37. The van der Waals surface area contributed by atoms with Crippen LogP contribution in [0.4, 0.5) is 14.6 Å². The first kappa shape index (κ1) is 24.5. The van der Waals surface area contributed by atoms with Gasteiger partial charge in [-0.25, -0.2) is 18.4 Å². The van der Waals surface area contributed by atoms with Crippen LogP contribution in [0.3, 0.4) is 0 Å². The number of carbonyl (C=O) groups excluding carboxylic acids is 2. The number of amides is 2. The van der Waals surface area contributed by atoms with Crippen molar-refractivity contribution in [2.24, 2.45) is 5.73 Å². The fraction of sp³-hybridized carbons (Fsp3) is 0.360. The van der Waals surface area contributed by atoms with Gasteiger partial charge in [0.25, 0.3) is 5.91 Å². The first-order chi connectivity index (χ1) is 17.8. The van der Waals surface area contributed by atoms with Crippen molar-refractivity contribution in [3.05, 3.63) is 53.5 Å². The molecule has 37 heavy (non-hydrogen) atoms. The Morgan fingerprint density at radius 3 is 2.70 bits per heavy atom. The Labute approximate surface area is 210 Å². The van der Waals surface area contributed by atoms with E-state index in [2.05, 4.69) is 33.8 Å². The number of anilines is 1. The number of halogens is 2. The molecule has 2 aliphatic rings. The quantitative estimate of drug-likeness (QED) is 0.343. The van der Waals surface area contributed by atoms with Crippen molar-refractivity contribution in [3.63, 3.8) is 0 Å². The number of primary amides is 1. The lowest BCUT2D eigenvalue weighted by Gasteiger charge is -2.20. The fourth-order valence-electron chi connectivity index (χ4n) is 4.87. The van der Waals surface area contributed by atoms with Crippen LogP contribution in [0.15, 0.2) is 25.0 Å². The highest BCUT2D eigenvalue weighted by molar-refractivity contribution is 6.00. The van der Waals surface area contributed by atoms with Gasteiger partial charge in [0.2, 0.25) is 5.91 Å². The maximum absolute atomic E-state index is 15.2. The predicted octanol–water partition coefficient (Wildman–Crippen LogP) is 1.71. The van der Waals surface area contributed by atoms with Gasteiger partial charge in [0, 0.05) is 25.7 Å². The average molecular weight is 510 g/mol. The number of fused-ring (bicyclic) bond motifs is 1. The maximum atomic E-state index is 15.2. The van der Waals surface area contributed by atoms with E-state index in [1.54, 1.807) is 11.6 Å². The van der Waals surface area contributed by atoms with Gasteiger partial charge >= 0.3 is 0 Å². The molecule has 1 aliphatic heterocycles. The zero-order chi connectivity index (χ0) is 26.4. The van der Waals surface area contributed by atoms with E-state index in [1.165, 1.54) is 22.0 Å². The minimum Gasteiger partial charge on any atom is -0.394 e. The van der Waals surface area contributed by atoms with Crippen molar-refractivity contribution in [1.82, 2.24) is 24.2 Å². The zero-order valence-corrected chi connectivity index (χ0v) is 20.0. The molecule has 1 aromatic carbocycles. The molecule has 1 saturated carbocycles. The monoisotopic (exact) mass is 509 g/mol. The summed E-state index contributed by atoms with van der Waals surface area (Å²) in [5.74, 6) is 2.39. The van der Waals surface area contributed by atoms with Crippen LogP contribution in [-0.4, -0.2) is 67.4 Å². The number of benzene rings is 1. The summed E-state index contributed by atoms with van der Waals surface area (Å²) in [6, 6.07) is 0.510. The van der Waals surface area contributed by atoms with Crippen LogP contribution in [0.5, 0.6) is 0 Å². The molecule has 3 heterocycles. The van der Waals surface area contributed by atoms with E-state index < -0.39 is 35.2 Å². The highest BCUT2D eigenvalue weighted by Crippen LogP contribution is 2.38. The number of aliphatic hydroxyl groups is 1. The smallest absolute Gasteiger partial charge is 0.255 e. The molecule has 2 fully saturated rings. The fourth-order valence-corrected chi connectivity index (χ4v) is 4.87. The van der Waals surface area contributed by atoms with Gasteiger partial charge in [0.05, 0.1) is 36.1 Å². The molecule has 192 valence electrons. The summed E-state index contributed by atoms with van der Waals surface area (Å²) in [6.45, 7) is 3.42. The van der Waals surface area contributed by atoms with E-state index in [0.717, 1.165) is 18.9 Å². The topological polar surface area (TPSA) is 131 Å². The van der Waals surface area contributed by atoms with Crippen LogP contribution in [-0.2, 0) is 4.79 Å². The molecule has 4 N–H and O–H groups in total. The minimum absolute atomic E-state index is 0.0159. The Bertz CT molecular complexity index is 1500. The van der Waals surface area contributed by atoms with Gasteiger partial charge in [-0.1, -0.05) is 12.5 Å². The van der Waals surface area contributed by atoms with Gasteiger partial charge in [-0.15, -0.1) is 0 Å². The van der Waals surface area contributed by atoms with Gasteiger partial charge < -0.3 is 25.6 Å². The van der Waals surface area contributed by atoms with E-state index >= 15 is 4.39 Å². The van der Waals surface area contributed by atoms with Crippen molar-refractivity contribution < 1.29 is 23.5 Å². The summed E-state index contributed by atoms with van der Waals surface area (Å²) in [6.07, 6.45) is 4.87. The van der Waals surface area contributed by atoms with E-state index in [0.29, 0.717) is 11.9 Å². The van der Waals surface area contributed by atoms with Crippen molar-refractivity contribution in [2.45, 2.75) is 37.4 Å². The summed E-state index contributed by atoms with van der Waals surface area (Å²) in [5, 5.41) is 17.0. The SMILES string of the molecule is C=CC(=O)N1CC(n2nc(C#Cc3c(F)cc4c(ncn4C4CC4)c3F)c(C(N)=O)c2NC)C[C@@H]1CO. The van der Waals surface area contributed by atoms with Crippen LogP contribution in [0.2, 0.25) is 0 Å². The van der Waals surface area contributed by atoms with Crippen LogP contribution < -0.4 is 11.1 Å². The van der Waals surface area contributed by atoms with Crippen LogP contribution in [0.1, 0.15) is 53.0 Å². The van der Waals surface area contributed by atoms with E-state index in [4.69, 9.17) is 5.73 Å². The molecule has 2 atom stereocenters. The molecular weight excluding hydrogens is 484 g/mol. The molecule has 2 aromatic heterocycles. The summed E-state index contributed by atoms with van der Waals surface area (Å²) in [7, 11) is 1.56. The number of carbonyl (C=O) groups is 2. The molecule has 10 nitrogen and oxygen atoms in total. The number of imidazole rings is 1. The summed E-state index contributed by atoms with van der Waals surface area (Å²) < 4.78 is 33.4. The molecule has 0 radical (unpaired) electrons. The van der Waals surface area contributed by atoms with Gasteiger partial charge in [-0.05, 0) is 31.3 Å². The van der Waals surface area contributed by atoms with Crippen molar-refractivity contribution in [3.8, 4) is 11.8 Å². The second kappa shape index (κ2) is 9.33. The number of hydrogen-bond acceptors (Lipinski definition) is 6. The second-order valence-corrected chi connectivity index (χ2v) is 9.10. The number of aromatic nitrogens is 4. The average Bonchev–Trinajstić information content (AvgIpc) is 3.32. The standard InChI is InChI=1S/C25H25F2N7O3/c1-3-20(36)32-10-14(8-15(32)11-35)34-25(29-2)21(24(28)37)18(31-34)7-6-16-17(26)9-19-23(22(16)27)30-12-33(19)13-4-5-13/h3,9,12-15,29,35H,1,4-5,8,10-11H2,2H3,(H2,28,37)/t14?,15-/m1/s1. The van der Waals surface area contributed by atoms with E-state index in [9.17, 15) is 19.1 Å². The first-order valence-electron chi connectivity index (χ1n) is 11.8. The molecule has 12 heteroatoms. The van der Waals surface area contributed by atoms with Crippen LogP contribution >= 0.6 is 0 Å². The van der Waals surface area contributed by atoms with Crippen molar-refractivity contribution in [2.75, 3.05) is 25.5 Å².